The lowest BCUT2D eigenvalue weighted by Gasteiger charge is -2.22. The predicted octanol–water partition coefficient (Wildman–Crippen LogP) is 5.07. The zero-order chi connectivity index (χ0) is 13.1. The van der Waals surface area contributed by atoms with Crippen molar-refractivity contribution in [2.45, 2.75) is 58.5 Å². The molecule has 1 fully saturated rings. The van der Waals surface area contributed by atoms with Crippen LogP contribution >= 0.6 is 15.9 Å². The number of aliphatic hydroxyl groups excluding tert-OH is 1. The molecule has 1 aromatic rings. The van der Waals surface area contributed by atoms with Crippen LogP contribution in [0.15, 0.2) is 16.6 Å². The molecule has 1 saturated carbocycles. The molecule has 0 aliphatic heterocycles. The highest BCUT2D eigenvalue weighted by molar-refractivity contribution is 9.10. The summed E-state index contributed by atoms with van der Waals surface area (Å²) in [5.74, 6) is 0.451. The Morgan fingerprint density at radius 1 is 1.06 bits per heavy atom. The molecule has 0 aromatic heterocycles. The van der Waals surface area contributed by atoms with Gasteiger partial charge >= 0.3 is 0 Å². The summed E-state index contributed by atoms with van der Waals surface area (Å²) in [6.07, 6.45) is 7.29. The standard InChI is InChI=1S/C16H23BrO/c1-11-9-14(10-12(2)15(11)17)16(18)13-7-5-3-4-6-8-13/h9-10,13,16,18H,3-8H2,1-2H3. The van der Waals surface area contributed by atoms with Gasteiger partial charge in [0.2, 0.25) is 0 Å². The maximum atomic E-state index is 10.6. The second-order valence-corrected chi connectivity index (χ2v) is 6.46. The maximum Gasteiger partial charge on any atom is 0.0818 e. The van der Waals surface area contributed by atoms with Gasteiger partial charge in [0.15, 0.2) is 0 Å². The van der Waals surface area contributed by atoms with E-state index in [2.05, 4.69) is 41.9 Å². The quantitative estimate of drug-likeness (QED) is 0.756. The largest absolute Gasteiger partial charge is 0.388 e. The molecule has 0 bridgehead atoms. The third-order valence-electron chi connectivity index (χ3n) is 4.15. The van der Waals surface area contributed by atoms with Crippen LogP contribution in [0.5, 0.6) is 0 Å². The number of hydrogen-bond acceptors (Lipinski definition) is 1. The fourth-order valence-corrected chi connectivity index (χ4v) is 3.28. The smallest absolute Gasteiger partial charge is 0.0818 e. The van der Waals surface area contributed by atoms with Gasteiger partial charge in [0, 0.05) is 4.47 Å². The molecule has 2 rings (SSSR count). The minimum atomic E-state index is -0.284. The topological polar surface area (TPSA) is 20.2 Å². The molecule has 1 aromatic carbocycles. The van der Waals surface area contributed by atoms with Crippen molar-refractivity contribution in [1.29, 1.82) is 0 Å². The third kappa shape index (κ3) is 3.16. The van der Waals surface area contributed by atoms with Gasteiger partial charge in [0.1, 0.15) is 0 Å². The van der Waals surface area contributed by atoms with E-state index in [1.807, 2.05) is 0 Å². The lowest BCUT2D eigenvalue weighted by atomic mass is 9.88. The zero-order valence-electron chi connectivity index (χ0n) is 11.4. The first kappa shape index (κ1) is 14.1. The van der Waals surface area contributed by atoms with Gasteiger partial charge < -0.3 is 5.11 Å². The molecule has 1 nitrogen and oxygen atoms in total. The first-order valence-corrected chi connectivity index (χ1v) is 7.83. The van der Waals surface area contributed by atoms with Crippen molar-refractivity contribution in [3.05, 3.63) is 33.3 Å². The van der Waals surface area contributed by atoms with Crippen LogP contribution in [0.25, 0.3) is 0 Å². The van der Waals surface area contributed by atoms with Crippen LogP contribution in [-0.4, -0.2) is 5.11 Å². The van der Waals surface area contributed by atoms with Crippen LogP contribution in [0.3, 0.4) is 0 Å². The van der Waals surface area contributed by atoms with E-state index in [1.54, 1.807) is 0 Å². The number of halogens is 1. The highest BCUT2D eigenvalue weighted by Gasteiger charge is 2.22. The normalized spacial score (nSPS) is 19.6. The van der Waals surface area contributed by atoms with E-state index in [0.717, 1.165) is 5.56 Å². The summed E-state index contributed by atoms with van der Waals surface area (Å²) in [6.45, 7) is 4.20. The molecule has 0 spiro atoms. The molecule has 100 valence electrons. The molecule has 2 heteroatoms. The summed E-state index contributed by atoms with van der Waals surface area (Å²) in [5, 5.41) is 10.6. The lowest BCUT2D eigenvalue weighted by Crippen LogP contribution is -2.12. The van der Waals surface area contributed by atoms with E-state index < -0.39 is 0 Å². The summed E-state index contributed by atoms with van der Waals surface area (Å²) < 4.78 is 1.17. The van der Waals surface area contributed by atoms with E-state index in [0.29, 0.717) is 5.92 Å². The Bertz CT molecular complexity index is 383. The van der Waals surface area contributed by atoms with Crippen LogP contribution in [-0.2, 0) is 0 Å². The summed E-state index contributed by atoms with van der Waals surface area (Å²) in [7, 11) is 0. The average molecular weight is 311 g/mol. The SMILES string of the molecule is Cc1cc(C(O)C2CCCCCC2)cc(C)c1Br. The van der Waals surface area contributed by atoms with Crippen LogP contribution in [0.4, 0.5) is 0 Å². The number of aryl methyl sites for hydroxylation is 2. The summed E-state index contributed by atoms with van der Waals surface area (Å²) in [5.41, 5.74) is 3.54. The van der Waals surface area contributed by atoms with E-state index in [9.17, 15) is 5.11 Å². The van der Waals surface area contributed by atoms with Crippen molar-refractivity contribution in [1.82, 2.24) is 0 Å². The highest BCUT2D eigenvalue weighted by atomic mass is 79.9. The van der Waals surface area contributed by atoms with Gasteiger partial charge in [-0.15, -0.1) is 0 Å². The van der Waals surface area contributed by atoms with Crippen LogP contribution in [0.1, 0.15) is 61.3 Å². The number of rotatable bonds is 2. The Balaban J connectivity index is 2.19. The van der Waals surface area contributed by atoms with E-state index in [4.69, 9.17) is 0 Å². The van der Waals surface area contributed by atoms with E-state index in [1.165, 1.54) is 54.1 Å². The molecule has 1 N–H and O–H groups in total. The predicted molar refractivity (Wildman–Crippen MR) is 79.8 cm³/mol. The van der Waals surface area contributed by atoms with E-state index >= 15 is 0 Å². The Morgan fingerprint density at radius 3 is 2.06 bits per heavy atom. The van der Waals surface area contributed by atoms with Crippen molar-refractivity contribution in [3.63, 3.8) is 0 Å². The van der Waals surface area contributed by atoms with Crippen molar-refractivity contribution in [2.75, 3.05) is 0 Å². The van der Waals surface area contributed by atoms with Crippen molar-refractivity contribution in [2.24, 2.45) is 5.92 Å². The highest BCUT2D eigenvalue weighted by Crippen LogP contribution is 2.35. The molecule has 1 unspecified atom stereocenters. The first-order valence-electron chi connectivity index (χ1n) is 7.04. The molecular formula is C16H23BrO. The van der Waals surface area contributed by atoms with Crippen molar-refractivity contribution in [3.8, 4) is 0 Å². The minimum absolute atomic E-state index is 0.284. The van der Waals surface area contributed by atoms with Gasteiger partial charge in [-0.1, -0.05) is 53.7 Å². The second kappa shape index (κ2) is 6.21. The monoisotopic (exact) mass is 310 g/mol. The van der Waals surface area contributed by atoms with Gasteiger partial charge in [-0.2, -0.15) is 0 Å². The van der Waals surface area contributed by atoms with Gasteiger partial charge in [0.25, 0.3) is 0 Å². The molecule has 1 atom stereocenters. The first-order chi connectivity index (χ1) is 8.59. The van der Waals surface area contributed by atoms with Crippen LogP contribution in [0.2, 0.25) is 0 Å². The van der Waals surface area contributed by atoms with Gasteiger partial charge in [-0.3, -0.25) is 0 Å². The minimum Gasteiger partial charge on any atom is -0.388 e. The molecule has 0 amide bonds. The maximum absolute atomic E-state index is 10.6. The molecule has 18 heavy (non-hydrogen) atoms. The third-order valence-corrected chi connectivity index (χ3v) is 5.40. The zero-order valence-corrected chi connectivity index (χ0v) is 13.0. The van der Waals surface area contributed by atoms with Crippen molar-refractivity contribution >= 4 is 15.9 Å². The molecule has 0 saturated heterocycles. The fraction of sp³-hybridized carbons (Fsp3) is 0.625. The average Bonchev–Trinajstić information content (AvgIpc) is 2.63. The molecule has 0 heterocycles. The molecule has 0 radical (unpaired) electrons. The Morgan fingerprint density at radius 2 is 1.56 bits per heavy atom. The Kier molecular flexibility index (Phi) is 4.85. The fourth-order valence-electron chi connectivity index (χ4n) is 3.05. The van der Waals surface area contributed by atoms with Crippen LogP contribution < -0.4 is 0 Å². The second-order valence-electron chi connectivity index (χ2n) is 5.67. The molecule has 1 aliphatic rings. The van der Waals surface area contributed by atoms with Gasteiger partial charge in [-0.05, 0) is 49.3 Å². The molecule has 1 aliphatic carbocycles. The van der Waals surface area contributed by atoms with Gasteiger partial charge in [0.05, 0.1) is 6.10 Å². The lowest BCUT2D eigenvalue weighted by molar-refractivity contribution is 0.0987. The summed E-state index contributed by atoms with van der Waals surface area (Å²) >= 11 is 3.59. The van der Waals surface area contributed by atoms with Crippen LogP contribution in [0, 0.1) is 19.8 Å². The van der Waals surface area contributed by atoms with E-state index in [-0.39, 0.29) is 6.10 Å². The summed E-state index contributed by atoms with van der Waals surface area (Å²) in [4.78, 5) is 0. The Labute approximate surface area is 119 Å². The number of aliphatic hydroxyl groups is 1. The van der Waals surface area contributed by atoms with Gasteiger partial charge in [-0.25, -0.2) is 0 Å². The molecular weight excluding hydrogens is 288 g/mol. The van der Waals surface area contributed by atoms with Crippen molar-refractivity contribution < 1.29 is 5.11 Å². The summed E-state index contributed by atoms with van der Waals surface area (Å²) in [6, 6.07) is 4.26. The Hall–Kier alpha value is -0.340. The number of benzene rings is 1. The number of hydrogen-bond donors (Lipinski definition) is 1.